The zero-order valence-electron chi connectivity index (χ0n) is 11.1. The summed E-state index contributed by atoms with van der Waals surface area (Å²) in [6.45, 7) is 3.11. The van der Waals surface area contributed by atoms with Crippen molar-refractivity contribution >= 4 is 0 Å². The van der Waals surface area contributed by atoms with Crippen molar-refractivity contribution in [3.05, 3.63) is 42.0 Å². The maximum atomic E-state index is 5.57. The number of para-hydroxylation sites is 1. The van der Waals surface area contributed by atoms with E-state index in [0.717, 1.165) is 18.6 Å². The van der Waals surface area contributed by atoms with Gasteiger partial charge in [-0.25, -0.2) is 0 Å². The lowest BCUT2D eigenvalue weighted by molar-refractivity contribution is 0.284. The average Bonchev–Trinajstić information content (AvgIpc) is 2.91. The van der Waals surface area contributed by atoms with Gasteiger partial charge in [-0.1, -0.05) is 30.3 Å². The van der Waals surface area contributed by atoms with Gasteiger partial charge in [-0.05, 0) is 31.0 Å². The molecule has 0 saturated carbocycles. The second-order valence-electron chi connectivity index (χ2n) is 4.59. The molecule has 0 aliphatic rings. The van der Waals surface area contributed by atoms with Gasteiger partial charge in [-0.3, -0.25) is 0 Å². The van der Waals surface area contributed by atoms with Crippen LogP contribution in [0.15, 0.2) is 34.9 Å². The molecule has 0 radical (unpaired) electrons. The van der Waals surface area contributed by atoms with Crippen molar-refractivity contribution in [3.63, 3.8) is 0 Å². The van der Waals surface area contributed by atoms with Crippen molar-refractivity contribution in [3.8, 4) is 5.75 Å². The molecule has 0 aliphatic heterocycles. The smallest absolute Gasteiger partial charge is 0.226 e. The fraction of sp³-hybridized carbons (Fsp3) is 0.429. The summed E-state index contributed by atoms with van der Waals surface area (Å²) in [7, 11) is 0. The molecule has 0 spiro atoms. The summed E-state index contributed by atoms with van der Waals surface area (Å²) in [5, 5.41) is 3.89. The minimum absolute atomic E-state index is 0.319. The van der Waals surface area contributed by atoms with Crippen LogP contribution in [0.1, 0.15) is 25.1 Å². The molecule has 2 rings (SSSR count). The summed E-state index contributed by atoms with van der Waals surface area (Å²) in [5.74, 6) is 2.48. The highest BCUT2D eigenvalue weighted by molar-refractivity contribution is 5.20. The summed E-state index contributed by atoms with van der Waals surface area (Å²) in [6.07, 6.45) is 1.72. The first-order valence-corrected chi connectivity index (χ1v) is 6.47. The SMILES string of the molecule is CC(CN)CCc1nc(COc2ccccc2)no1. The Morgan fingerprint density at radius 1 is 1.32 bits per heavy atom. The van der Waals surface area contributed by atoms with Crippen LogP contribution in [-0.2, 0) is 13.0 Å². The van der Waals surface area contributed by atoms with Crippen molar-refractivity contribution < 1.29 is 9.26 Å². The van der Waals surface area contributed by atoms with Crippen LogP contribution in [0, 0.1) is 5.92 Å². The summed E-state index contributed by atoms with van der Waals surface area (Å²) >= 11 is 0. The van der Waals surface area contributed by atoms with E-state index in [9.17, 15) is 0 Å². The molecular weight excluding hydrogens is 242 g/mol. The fourth-order valence-corrected chi connectivity index (χ4v) is 1.60. The molecule has 1 unspecified atom stereocenters. The van der Waals surface area contributed by atoms with Gasteiger partial charge in [0.2, 0.25) is 11.7 Å². The van der Waals surface area contributed by atoms with Crippen molar-refractivity contribution in [1.82, 2.24) is 10.1 Å². The Balaban J connectivity index is 1.81. The highest BCUT2D eigenvalue weighted by Gasteiger charge is 2.08. The average molecular weight is 261 g/mol. The monoisotopic (exact) mass is 261 g/mol. The van der Waals surface area contributed by atoms with Crippen LogP contribution < -0.4 is 10.5 Å². The van der Waals surface area contributed by atoms with E-state index in [-0.39, 0.29) is 0 Å². The first kappa shape index (κ1) is 13.5. The van der Waals surface area contributed by atoms with E-state index in [1.54, 1.807) is 0 Å². The summed E-state index contributed by atoms with van der Waals surface area (Å²) in [4.78, 5) is 4.29. The summed E-state index contributed by atoms with van der Waals surface area (Å²) in [5.41, 5.74) is 5.57. The van der Waals surface area contributed by atoms with Gasteiger partial charge in [-0.15, -0.1) is 0 Å². The van der Waals surface area contributed by atoms with Gasteiger partial charge in [-0.2, -0.15) is 4.98 Å². The van der Waals surface area contributed by atoms with Crippen molar-refractivity contribution in [2.45, 2.75) is 26.4 Å². The predicted octanol–water partition coefficient (Wildman–Crippen LogP) is 2.18. The Labute approximate surface area is 112 Å². The Kier molecular flexibility index (Phi) is 4.92. The van der Waals surface area contributed by atoms with Crippen LogP contribution in [0.5, 0.6) is 5.75 Å². The molecule has 0 bridgehead atoms. The van der Waals surface area contributed by atoms with Gasteiger partial charge in [0.15, 0.2) is 6.61 Å². The lowest BCUT2D eigenvalue weighted by atomic mass is 10.1. The van der Waals surface area contributed by atoms with Crippen molar-refractivity contribution in [2.24, 2.45) is 11.7 Å². The van der Waals surface area contributed by atoms with E-state index in [0.29, 0.717) is 30.8 Å². The molecule has 0 saturated heterocycles. The normalized spacial score (nSPS) is 12.3. The number of rotatable bonds is 7. The van der Waals surface area contributed by atoms with E-state index in [1.807, 2.05) is 30.3 Å². The molecule has 0 aliphatic carbocycles. The van der Waals surface area contributed by atoms with E-state index in [2.05, 4.69) is 17.1 Å². The standard InChI is InChI=1S/C14H19N3O2/c1-11(9-15)7-8-14-16-13(17-19-14)10-18-12-5-3-2-4-6-12/h2-6,11H,7-10,15H2,1H3. The number of aryl methyl sites for hydroxylation is 1. The van der Waals surface area contributed by atoms with Gasteiger partial charge >= 0.3 is 0 Å². The second-order valence-corrected chi connectivity index (χ2v) is 4.59. The minimum Gasteiger partial charge on any atom is -0.485 e. The Morgan fingerprint density at radius 3 is 2.84 bits per heavy atom. The number of hydrogen-bond acceptors (Lipinski definition) is 5. The molecule has 0 fully saturated rings. The zero-order valence-corrected chi connectivity index (χ0v) is 11.1. The van der Waals surface area contributed by atoms with Crippen LogP contribution in [0.2, 0.25) is 0 Å². The van der Waals surface area contributed by atoms with Crippen molar-refractivity contribution in [1.29, 1.82) is 0 Å². The topological polar surface area (TPSA) is 74.2 Å². The molecule has 2 N–H and O–H groups in total. The van der Waals surface area contributed by atoms with Gasteiger partial charge < -0.3 is 15.0 Å². The zero-order chi connectivity index (χ0) is 13.5. The number of benzene rings is 1. The molecule has 1 aromatic carbocycles. The Bertz CT molecular complexity index is 484. The van der Waals surface area contributed by atoms with E-state index >= 15 is 0 Å². The first-order chi connectivity index (χ1) is 9.28. The van der Waals surface area contributed by atoms with Crippen LogP contribution in [0.4, 0.5) is 0 Å². The van der Waals surface area contributed by atoms with E-state index < -0.39 is 0 Å². The maximum Gasteiger partial charge on any atom is 0.226 e. The predicted molar refractivity (Wildman–Crippen MR) is 71.6 cm³/mol. The number of nitrogens with two attached hydrogens (primary N) is 1. The van der Waals surface area contributed by atoms with Gasteiger partial charge in [0, 0.05) is 6.42 Å². The fourth-order valence-electron chi connectivity index (χ4n) is 1.60. The van der Waals surface area contributed by atoms with Crippen LogP contribution >= 0.6 is 0 Å². The number of hydrogen-bond donors (Lipinski definition) is 1. The Morgan fingerprint density at radius 2 is 2.11 bits per heavy atom. The lowest BCUT2D eigenvalue weighted by Gasteiger charge is -2.04. The first-order valence-electron chi connectivity index (χ1n) is 6.47. The van der Waals surface area contributed by atoms with Crippen LogP contribution in [-0.4, -0.2) is 16.7 Å². The quantitative estimate of drug-likeness (QED) is 0.826. The summed E-state index contributed by atoms with van der Waals surface area (Å²) in [6, 6.07) is 9.57. The number of aromatic nitrogens is 2. The third kappa shape index (κ3) is 4.37. The molecule has 102 valence electrons. The second kappa shape index (κ2) is 6.89. The summed E-state index contributed by atoms with van der Waals surface area (Å²) < 4.78 is 10.7. The van der Waals surface area contributed by atoms with Gasteiger partial charge in [0.05, 0.1) is 0 Å². The van der Waals surface area contributed by atoms with Crippen molar-refractivity contribution in [2.75, 3.05) is 6.54 Å². The molecule has 5 nitrogen and oxygen atoms in total. The number of ether oxygens (including phenoxy) is 1. The molecule has 5 heteroatoms. The molecule has 1 aromatic heterocycles. The van der Waals surface area contributed by atoms with Gasteiger partial charge in [0.25, 0.3) is 0 Å². The molecule has 2 aromatic rings. The molecule has 19 heavy (non-hydrogen) atoms. The lowest BCUT2D eigenvalue weighted by Crippen LogP contribution is -2.11. The van der Waals surface area contributed by atoms with Gasteiger partial charge in [0.1, 0.15) is 5.75 Å². The minimum atomic E-state index is 0.319. The highest BCUT2D eigenvalue weighted by atomic mass is 16.5. The molecule has 1 atom stereocenters. The molecule has 1 heterocycles. The molecule has 0 amide bonds. The number of nitrogens with zero attached hydrogens (tertiary/aromatic N) is 2. The molecular formula is C14H19N3O2. The maximum absolute atomic E-state index is 5.57. The third-order valence-electron chi connectivity index (χ3n) is 2.87. The van der Waals surface area contributed by atoms with E-state index in [4.69, 9.17) is 15.0 Å². The van der Waals surface area contributed by atoms with Crippen LogP contribution in [0.25, 0.3) is 0 Å². The largest absolute Gasteiger partial charge is 0.485 e. The Hall–Kier alpha value is -1.88. The van der Waals surface area contributed by atoms with E-state index in [1.165, 1.54) is 0 Å². The third-order valence-corrected chi connectivity index (χ3v) is 2.87. The van der Waals surface area contributed by atoms with Crippen LogP contribution in [0.3, 0.4) is 0 Å². The highest BCUT2D eigenvalue weighted by Crippen LogP contribution is 2.11.